The van der Waals surface area contributed by atoms with E-state index in [0.717, 1.165) is 0 Å². The minimum atomic E-state index is -0.571. The van der Waals surface area contributed by atoms with E-state index in [9.17, 15) is 19.7 Å². The molecule has 0 atom stereocenters. The predicted molar refractivity (Wildman–Crippen MR) is 101 cm³/mol. The van der Waals surface area contributed by atoms with Gasteiger partial charge in [0.15, 0.2) is 0 Å². The van der Waals surface area contributed by atoms with E-state index in [1.54, 1.807) is 35.8 Å². The number of rotatable bonds is 9. The Morgan fingerprint density at radius 2 is 1.93 bits per heavy atom. The maximum Gasteiger partial charge on any atom is 0.381 e. The fourth-order valence-electron chi connectivity index (χ4n) is 2.35. The number of aromatic nitrogens is 2. The summed E-state index contributed by atoms with van der Waals surface area (Å²) in [4.78, 5) is 37.6. The number of hydrogen-bond acceptors (Lipinski definition) is 5. The molecule has 9 nitrogen and oxygen atoms in total. The first kappa shape index (κ1) is 20.4. The summed E-state index contributed by atoms with van der Waals surface area (Å²) < 4.78 is 1.57. The summed E-state index contributed by atoms with van der Waals surface area (Å²) in [5.74, 6) is -0.0928. The summed E-state index contributed by atoms with van der Waals surface area (Å²) in [5.41, 5.74) is 0.665. The highest BCUT2D eigenvalue weighted by Gasteiger charge is 2.15. The molecule has 1 heterocycles. The molecule has 0 fully saturated rings. The van der Waals surface area contributed by atoms with Crippen LogP contribution in [0.3, 0.4) is 0 Å². The topological polar surface area (TPSA) is 119 Å². The van der Waals surface area contributed by atoms with Gasteiger partial charge in [-0.1, -0.05) is 11.6 Å². The number of halogens is 1. The highest BCUT2D eigenvalue weighted by atomic mass is 35.5. The quantitative estimate of drug-likeness (QED) is 0.385. The number of amides is 2. The predicted octanol–water partition coefficient (Wildman–Crippen LogP) is 2.68. The molecule has 10 heteroatoms. The van der Waals surface area contributed by atoms with Crippen LogP contribution in [0.15, 0.2) is 30.5 Å². The van der Waals surface area contributed by atoms with Crippen molar-refractivity contribution in [3.8, 4) is 0 Å². The standard InChI is InChI=1S/C17H20ClN5O4/c1-12-20-15(23(26)27)11-22(12)10-8-16(24)19-9-2-3-17(25)21-14-6-4-13(18)5-7-14/h4-7,11H,2-3,8-10H2,1H3,(H,19,24)(H,21,25). The molecule has 144 valence electrons. The van der Waals surface area contributed by atoms with Gasteiger partial charge in [0.2, 0.25) is 17.6 Å². The van der Waals surface area contributed by atoms with Crippen molar-refractivity contribution < 1.29 is 14.5 Å². The van der Waals surface area contributed by atoms with Gasteiger partial charge >= 0.3 is 5.82 Å². The molecule has 0 radical (unpaired) electrons. The largest absolute Gasteiger partial charge is 0.381 e. The van der Waals surface area contributed by atoms with Gasteiger partial charge in [0.05, 0.1) is 0 Å². The molecule has 2 N–H and O–H groups in total. The van der Waals surface area contributed by atoms with Crippen LogP contribution in [0, 0.1) is 17.0 Å². The van der Waals surface area contributed by atoms with Gasteiger partial charge in [0, 0.05) is 43.6 Å². The first-order valence-corrected chi connectivity index (χ1v) is 8.73. The number of carbonyl (C=O) groups excluding carboxylic acids is 2. The van der Waals surface area contributed by atoms with Crippen molar-refractivity contribution in [2.45, 2.75) is 32.7 Å². The molecule has 0 aliphatic heterocycles. The van der Waals surface area contributed by atoms with Crippen LogP contribution in [-0.4, -0.2) is 32.8 Å². The van der Waals surface area contributed by atoms with Crippen LogP contribution in [-0.2, 0) is 16.1 Å². The summed E-state index contributed by atoms with van der Waals surface area (Å²) in [7, 11) is 0. The van der Waals surface area contributed by atoms with Crippen molar-refractivity contribution >= 4 is 34.9 Å². The van der Waals surface area contributed by atoms with Gasteiger partial charge < -0.3 is 25.3 Å². The Hall–Kier alpha value is -2.94. The van der Waals surface area contributed by atoms with Gasteiger partial charge in [-0.05, 0) is 40.6 Å². The molecule has 0 unspecified atom stereocenters. The van der Waals surface area contributed by atoms with Gasteiger partial charge in [-0.2, -0.15) is 0 Å². The van der Waals surface area contributed by atoms with Crippen LogP contribution in [0.25, 0.3) is 0 Å². The molecule has 2 amide bonds. The number of nitrogens with one attached hydrogen (secondary N) is 2. The number of hydrogen-bond donors (Lipinski definition) is 2. The lowest BCUT2D eigenvalue weighted by molar-refractivity contribution is -0.389. The molecule has 0 bridgehead atoms. The zero-order valence-corrected chi connectivity index (χ0v) is 15.5. The number of nitrogens with zero attached hydrogens (tertiary/aromatic N) is 3. The van der Waals surface area contributed by atoms with E-state index in [1.807, 2.05) is 0 Å². The molecule has 0 aliphatic rings. The number of nitro groups is 1. The first-order chi connectivity index (χ1) is 12.8. The molecule has 0 spiro atoms. The Kier molecular flexibility index (Phi) is 7.30. The molecule has 27 heavy (non-hydrogen) atoms. The fraction of sp³-hybridized carbons (Fsp3) is 0.353. The second-order valence-electron chi connectivity index (χ2n) is 5.86. The lowest BCUT2D eigenvalue weighted by Crippen LogP contribution is -2.26. The van der Waals surface area contributed by atoms with E-state index >= 15 is 0 Å². The lowest BCUT2D eigenvalue weighted by atomic mass is 10.2. The summed E-state index contributed by atoms with van der Waals surface area (Å²) in [6.07, 6.45) is 2.26. The van der Waals surface area contributed by atoms with Crippen molar-refractivity contribution in [3.63, 3.8) is 0 Å². The van der Waals surface area contributed by atoms with Gasteiger partial charge in [0.25, 0.3) is 0 Å². The van der Waals surface area contributed by atoms with E-state index in [1.165, 1.54) is 6.20 Å². The normalized spacial score (nSPS) is 10.4. The van der Waals surface area contributed by atoms with E-state index < -0.39 is 4.92 Å². The third-order valence-corrected chi connectivity index (χ3v) is 4.01. The molecule has 0 saturated carbocycles. The second kappa shape index (κ2) is 9.67. The third kappa shape index (κ3) is 6.70. The van der Waals surface area contributed by atoms with Crippen molar-refractivity contribution in [3.05, 3.63) is 51.4 Å². The summed E-state index contributed by atoms with van der Waals surface area (Å²) in [5, 5.41) is 16.7. The Labute approximate surface area is 160 Å². The van der Waals surface area contributed by atoms with Gasteiger partial charge in [-0.15, -0.1) is 0 Å². The summed E-state index contributed by atoms with van der Waals surface area (Å²) >= 11 is 5.78. The second-order valence-corrected chi connectivity index (χ2v) is 6.29. The molecular weight excluding hydrogens is 374 g/mol. The Bertz CT molecular complexity index is 819. The molecule has 0 saturated heterocycles. The van der Waals surface area contributed by atoms with Crippen LogP contribution in [0.5, 0.6) is 0 Å². The molecular formula is C17H20ClN5O4. The summed E-state index contributed by atoms with van der Waals surface area (Å²) in [6.45, 7) is 2.32. The maximum absolute atomic E-state index is 11.8. The Balaban J connectivity index is 1.63. The SMILES string of the molecule is Cc1nc([N+](=O)[O-])cn1CCC(=O)NCCCC(=O)Nc1ccc(Cl)cc1. The highest BCUT2D eigenvalue weighted by molar-refractivity contribution is 6.30. The van der Waals surface area contributed by atoms with E-state index in [4.69, 9.17) is 11.6 Å². The van der Waals surface area contributed by atoms with Crippen molar-refractivity contribution in [1.29, 1.82) is 0 Å². The number of carbonyl (C=O) groups is 2. The van der Waals surface area contributed by atoms with Crippen LogP contribution in [0.1, 0.15) is 25.1 Å². The molecule has 1 aromatic carbocycles. The van der Waals surface area contributed by atoms with Crippen LogP contribution >= 0.6 is 11.6 Å². The van der Waals surface area contributed by atoms with Crippen molar-refractivity contribution in [2.24, 2.45) is 0 Å². The van der Waals surface area contributed by atoms with Gasteiger partial charge in [0.1, 0.15) is 6.20 Å². The zero-order valence-electron chi connectivity index (χ0n) is 14.8. The number of anilines is 1. The van der Waals surface area contributed by atoms with Gasteiger partial charge in [-0.3, -0.25) is 9.59 Å². The first-order valence-electron chi connectivity index (χ1n) is 8.35. The average Bonchev–Trinajstić information content (AvgIpc) is 3.00. The number of imidazole rings is 1. The fourth-order valence-corrected chi connectivity index (χ4v) is 2.48. The average molecular weight is 394 g/mol. The highest BCUT2D eigenvalue weighted by Crippen LogP contribution is 2.13. The molecule has 0 aliphatic carbocycles. The maximum atomic E-state index is 11.8. The Morgan fingerprint density at radius 3 is 2.56 bits per heavy atom. The minimum Gasteiger partial charge on any atom is -0.358 e. The zero-order chi connectivity index (χ0) is 19.8. The van der Waals surface area contributed by atoms with Gasteiger partial charge in [-0.25, -0.2) is 0 Å². The number of aryl methyl sites for hydroxylation is 2. The smallest absolute Gasteiger partial charge is 0.358 e. The van der Waals surface area contributed by atoms with Crippen LogP contribution in [0.2, 0.25) is 5.02 Å². The Morgan fingerprint density at radius 1 is 1.22 bits per heavy atom. The lowest BCUT2D eigenvalue weighted by Gasteiger charge is -2.07. The summed E-state index contributed by atoms with van der Waals surface area (Å²) in [6, 6.07) is 6.80. The molecule has 2 aromatic rings. The molecule has 2 rings (SSSR count). The van der Waals surface area contributed by atoms with E-state index in [-0.39, 0.29) is 30.5 Å². The van der Waals surface area contributed by atoms with E-state index in [0.29, 0.717) is 36.0 Å². The molecule has 1 aromatic heterocycles. The van der Waals surface area contributed by atoms with Crippen LogP contribution in [0.4, 0.5) is 11.5 Å². The van der Waals surface area contributed by atoms with Crippen molar-refractivity contribution in [1.82, 2.24) is 14.9 Å². The number of benzene rings is 1. The van der Waals surface area contributed by atoms with E-state index in [2.05, 4.69) is 15.6 Å². The third-order valence-electron chi connectivity index (χ3n) is 3.76. The minimum absolute atomic E-state index is 0.145. The van der Waals surface area contributed by atoms with Crippen molar-refractivity contribution in [2.75, 3.05) is 11.9 Å². The van der Waals surface area contributed by atoms with Crippen LogP contribution < -0.4 is 10.6 Å². The monoisotopic (exact) mass is 393 g/mol.